The first-order valence-corrected chi connectivity index (χ1v) is 7.67. The standard InChI is InChI=1S/C16H24FN3O2/c1-9(12-4-6-15(21)14(17)8-12)18-16(22)7-5-13-10(2)19-20-11(13)3/h4,6,8-11,13,19-21H,5,7H2,1-3H3,(H,18,22). The third-order valence-corrected chi connectivity index (χ3v) is 4.38. The molecule has 1 fully saturated rings. The summed E-state index contributed by atoms with van der Waals surface area (Å²) in [5, 5.41) is 12.1. The van der Waals surface area contributed by atoms with Crippen LogP contribution in [-0.4, -0.2) is 23.1 Å². The highest BCUT2D eigenvalue weighted by atomic mass is 19.1. The summed E-state index contributed by atoms with van der Waals surface area (Å²) in [5.41, 5.74) is 6.98. The molecule has 1 saturated heterocycles. The van der Waals surface area contributed by atoms with E-state index in [2.05, 4.69) is 30.0 Å². The molecule has 1 aliphatic rings. The SMILES string of the molecule is CC(NC(=O)CCC1C(C)NNC1C)c1ccc(O)c(F)c1. The van der Waals surface area contributed by atoms with E-state index in [1.165, 1.54) is 12.1 Å². The molecule has 3 unspecified atom stereocenters. The van der Waals surface area contributed by atoms with Crippen molar-refractivity contribution in [1.29, 1.82) is 0 Å². The van der Waals surface area contributed by atoms with Crippen LogP contribution in [0, 0.1) is 11.7 Å². The van der Waals surface area contributed by atoms with Crippen LogP contribution in [0.3, 0.4) is 0 Å². The van der Waals surface area contributed by atoms with Crippen LogP contribution in [0.2, 0.25) is 0 Å². The molecule has 0 saturated carbocycles. The topological polar surface area (TPSA) is 73.4 Å². The number of carbonyl (C=O) groups is 1. The van der Waals surface area contributed by atoms with Crippen LogP contribution in [0.25, 0.3) is 0 Å². The molecule has 0 bridgehead atoms. The number of nitrogens with one attached hydrogen (secondary N) is 3. The molecule has 0 spiro atoms. The van der Waals surface area contributed by atoms with Crippen molar-refractivity contribution in [3.63, 3.8) is 0 Å². The Labute approximate surface area is 130 Å². The molecule has 6 heteroatoms. The summed E-state index contributed by atoms with van der Waals surface area (Å²) in [4.78, 5) is 12.1. The maximum atomic E-state index is 13.3. The Morgan fingerprint density at radius 1 is 1.36 bits per heavy atom. The van der Waals surface area contributed by atoms with Gasteiger partial charge >= 0.3 is 0 Å². The van der Waals surface area contributed by atoms with Gasteiger partial charge in [0.25, 0.3) is 0 Å². The maximum Gasteiger partial charge on any atom is 0.220 e. The number of halogens is 1. The smallest absolute Gasteiger partial charge is 0.220 e. The van der Waals surface area contributed by atoms with Gasteiger partial charge in [-0.3, -0.25) is 15.6 Å². The fraction of sp³-hybridized carbons (Fsp3) is 0.562. The number of carbonyl (C=O) groups excluding carboxylic acids is 1. The monoisotopic (exact) mass is 309 g/mol. The second-order valence-electron chi connectivity index (χ2n) is 6.07. The molecule has 0 aromatic heterocycles. The van der Waals surface area contributed by atoms with E-state index in [1.54, 1.807) is 13.0 Å². The molecule has 3 atom stereocenters. The second kappa shape index (κ2) is 7.07. The first-order chi connectivity index (χ1) is 10.4. The molecule has 0 aliphatic carbocycles. The lowest BCUT2D eigenvalue weighted by atomic mass is 9.91. The molecule has 22 heavy (non-hydrogen) atoms. The molecule has 0 radical (unpaired) electrons. The molecular weight excluding hydrogens is 285 g/mol. The molecule has 122 valence electrons. The van der Waals surface area contributed by atoms with E-state index >= 15 is 0 Å². The lowest BCUT2D eigenvalue weighted by Gasteiger charge is -2.19. The van der Waals surface area contributed by atoms with Gasteiger partial charge in [-0.15, -0.1) is 0 Å². The van der Waals surface area contributed by atoms with Gasteiger partial charge in [0.1, 0.15) is 0 Å². The summed E-state index contributed by atoms with van der Waals surface area (Å²) >= 11 is 0. The number of hydrogen-bond acceptors (Lipinski definition) is 4. The Morgan fingerprint density at radius 3 is 2.59 bits per heavy atom. The molecule has 1 aliphatic heterocycles. The number of phenolic OH excluding ortho intramolecular Hbond substituents is 1. The van der Waals surface area contributed by atoms with Gasteiger partial charge in [-0.25, -0.2) is 4.39 Å². The van der Waals surface area contributed by atoms with Crippen LogP contribution in [-0.2, 0) is 4.79 Å². The first-order valence-electron chi connectivity index (χ1n) is 7.67. The Hall–Kier alpha value is -1.66. The zero-order valence-electron chi connectivity index (χ0n) is 13.2. The van der Waals surface area contributed by atoms with Crippen molar-refractivity contribution in [2.75, 3.05) is 0 Å². The molecule has 1 aromatic carbocycles. The van der Waals surface area contributed by atoms with Crippen molar-refractivity contribution in [3.05, 3.63) is 29.6 Å². The molecule has 4 N–H and O–H groups in total. The van der Waals surface area contributed by atoms with Crippen LogP contribution in [0.4, 0.5) is 4.39 Å². The van der Waals surface area contributed by atoms with Gasteiger partial charge in [0.2, 0.25) is 5.91 Å². The molecular formula is C16H24FN3O2. The fourth-order valence-corrected chi connectivity index (χ4v) is 2.90. The van der Waals surface area contributed by atoms with Gasteiger partial charge in [0.15, 0.2) is 11.6 Å². The van der Waals surface area contributed by atoms with Crippen LogP contribution in [0.15, 0.2) is 18.2 Å². The normalized spacial score (nSPS) is 25.9. The van der Waals surface area contributed by atoms with Crippen molar-refractivity contribution >= 4 is 5.91 Å². The summed E-state index contributed by atoms with van der Waals surface area (Å²) in [6, 6.07) is 4.54. The van der Waals surface area contributed by atoms with Crippen molar-refractivity contribution in [3.8, 4) is 5.75 Å². The highest BCUT2D eigenvalue weighted by Crippen LogP contribution is 2.22. The number of aromatic hydroxyl groups is 1. The highest BCUT2D eigenvalue weighted by Gasteiger charge is 2.29. The van der Waals surface area contributed by atoms with Crippen molar-refractivity contribution in [2.45, 2.75) is 51.7 Å². The summed E-state index contributed by atoms with van der Waals surface area (Å²) in [7, 11) is 0. The van der Waals surface area contributed by atoms with E-state index in [-0.39, 0.29) is 17.7 Å². The molecule has 1 amide bonds. The summed E-state index contributed by atoms with van der Waals surface area (Å²) < 4.78 is 13.3. The molecule has 5 nitrogen and oxygen atoms in total. The summed E-state index contributed by atoms with van der Waals surface area (Å²) in [5.74, 6) is -0.699. The molecule has 1 aromatic rings. The number of hydrazine groups is 1. The van der Waals surface area contributed by atoms with Crippen LogP contribution < -0.4 is 16.2 Å². The number of rotatable bonds is 5. The van der Waals surface area contributed by atoms with Gasteiger partial charge in [0, 0.05) is 18.5 Å². The minimum atomic E-state index is -0.677. The lowest BCUT2D eigenvalue weighted by molar-refractivity contribution is -0.122. The quantitative estimate of drug-likeness (QED) is 0.671. The van der Waals surface area contributed by atoms with E-state index in [4.69, 9.17) is 0 Å². The second-order valence-corrected chi connectivity index (χ2v) is 6.07. The largest absolute Gasteiger partial charge is 0.505 e. The average molecular weight is 309 g/mol. The first kappa shape index (κ1) is 16.7. The van der Waals surface area contributed by atoms with Crippen molar-refractivity contribution in [2.24, 2.45) is 5.92 Å². The average Bonchev–Trinajstić information content (AvgIpc) is 2.78. The van der Waals surface area contributed by atoms with Gasteiger partial charge in [0.05, 0.1) is 6.04 Å². The highest BCUT2D eigenvalue weighted by molar-refractivity contribution is 5.76. The maximum absolute atomic E-state index is 13.3. The van der Waals surface area contributed by atoms with E-state index in [1.807, 2.05) is 0 Å². The Bertz CT molecular complexity index is 528. The van der Waals surface area contributed by atoms with Gasteiger partial charge in [-0.2, -0.15) is 0 Å². The van der Waals surface area contributed by atoms with Crippen LogP contribution >= 0.6 is 0 Å². The van der Waals surface area contributed by atoms with Gasteiger partial charge in [-0.1, -0.05) is 6.07 Å². The van der Waals surface area contributed by atoms with Gasteiger partial charge < -0.3 is 10.4 Å². The number of hydrogen-bond donors (Lipinski definition) is 4. The third kappa shape index (κ3) is 3.96. The van der Waals surface area contributed by atoms with Crippen LogP contribution in [0.5, 0.6) is 5.75 Å². The molecule has 2 rings (SSSR count). The predicted molar refractivity (Wildman–Crippen MR) is 82.5 cm³/mol. The van der Waals surface area contributed by atoms with E-state index in [0.29, 0.717) is 30.0 Å². The van der Waals surface area contributed by atoms with E-state index < -0.39 is 5.82 Å². The Kier molecular flexibility index (Phi) is 5.37. The number of benzene rings is 1. The zero-order chi connectivity index (χ0) is 16.3. The number of amides is 1. The van der Waals surface area contributed by atoms with E-state index in [0.717, 1.165) is 6.42 Å². The van der Waals surface area contributed by atoms with Crippen molar-refractivity contribution in [1.82, 2.24) is 16.2 Å². The number of phenols is 1. The van der Waals surface area contributed by atoms with Gasteiger partial charge in [-0.05, 0) is 50.8 Å². The predicted octanol–water partition coefficient (Wildman–Crippen LogP) is 1.99. The minimum absolute atomic E-state index is 0.0488. The summed E-state index contributed by atoms with van der Waals surface area (Å²) in [6.45, 7) is 6.00. The minimum Gasteiger partial charge on any atom is -0.505 e. The molecule has 1 heterocycles. The third-order valence-electron chi connectivity index (χ3n) is 4.38. The van der Waals surface area contributed by atoms with Crippen LogP contribution in [0.1, 0.15) is 45.2 Å². The lowest BCUT2D eigenvalue weighted by Crippen LogP contribution is -2.30. The summed E-state index contributed by atoms with van der Waals surface area (Å²) in [6.07, 6.45) is 1.23. The Morgan fingerprint density at radius 2 is 2.00 bits per heavy atom. The Balaban J connectivity index is 1.84. The fourth-order valence-electron chi connectivity index (χ4n) is 2.90. The zero-order valence-corrected chi connectivity index (χ0v) is 13.2. The van der Waals surface area contributed by atoms with Crippen molar-refractivity contribution < 1.29 is 14.3 Å². The van der Waals surface area contributed by atoms with E-state index in [9.17, 15) is 14.3 Å².